The van der Waals surface area contributed by atoms with Gasteiger partial charge in [0.25, 0.3) is 0 Å². The molecule has 0 saturated heterocycles. The molecule has 2 heteroatoms. The third-order valence-corrected chi connectivity index (χ3v) is 0.954. The van der Waals surface area contributed by atoms with Gasteiger partial charge in [0.1, 0.15) is 12.5 Å². The van der Waals surface area contributed by atoms with E-state index in [1.54, 1.807) is 0 Å². The topological polar surface area (TPSA) is 17.1 Å². The van der Waals surface area contributed by atoms with Gasteiger partial charge < -0.3 is 4.79 Å². The molecule has 8 heavy (non-hydrogen) atoms. The Kier molecular flexibility index (Phi) is 4.51. The Balaban J connectivity index is 3.03. The van der Waals surface area contributed by atoms with Crippen molar-refractivity contribution in [2.45, 2.75) is 32.4 Å². The zero-order chi connectivity index (χ0) is 6.41. The Bertz CT molecular complexity index is 63.5. The smallest absolute Gasteiger partial charge is 0.122 e. The largest absolute Gasteiger partial charge is 0.303 e. The van der Waals surface area contributed by atoms with Gasteiger partial charge in [0.05, 0.1) is 0 Å². The number of aldehydes is 1. The number of carbonyl (C=O) groups excluding carboxylic acids is 1. The molecule has 0 heterocycles. The lowest BCUT2D eigenvalue weighted by Gasteiger charge is -1.97. The monoisotopic (exact) mass is 118 g/mol. The molecular weight excluding hydrogens is 107 g/mol. The SMILES string of the molecule is CCCC(F)CC=O. The number of halogens is 1. The van der Waals surface area contributed by atoms with Crippen molar-refractivity contribution in [3.05, 3.63) is 0 Å². The average molecular weight is 118 g/mol. The number of rotatable bonds is 4. The first kappa shape index (κ1) is 7.60. The minimum Gasteiger partial charge on any atom is -0.303 e. The molecule has 1 atom stereocenters. The second kappa shape index (κ2) is 4.75. The molecule has 0 aromatic carbocycles. The highest BCUT2D eigenvalue weighted by atomic mass is 19.1. The van der Waals surface area contributed by atoms with Crippen molar-refractivity contribution >= 4 is 6.29 Å². The number of carbonyl (C=O) groups is 1. The quantitative estimate of drug-likeness (QED) is 0.513. The summed E-state index contributed by atoms with van der Waals surface area (Å²) >= 11 is 0. The van der Waals surface area contributed by atoms with Crippen LogP contribution in [0.2, 0.25) is 0 Å². The van der Waals surface area contributed by atoms with Crippen molar-refractivity contribution in [1.29, 1.82) is 0 Å². The van der Waals surface area contributed by atoms with Gasteiger partial charge >= 0.3 is 0 Å². The molecule has 0 N–H and O–H groups in total. The maximum absolute atomic E-state index is 12.2. The summed E-state index contributed by atoms with van der Waals surface area (Å²) in [5.74, 6) is 0. The maximum atomic E-state index is 12.2. The fraction of sp³-hybridized carbons (Fsp3) is 0.833. The molecule has 48 valence electrons. The van der Waals surface area contributed by atoms with E-state index in [2.05, 4.69) is 0 Å². The van der Waals surface area contributed by atoms with Gasteiger partial charge in [-0.1, -0.05) is 13.3 Å². The lowest BCUT2D eigenvalue weighted by atomic mass is 10.2. The van der Waals surface area contributed by atoms with Crippen molar-refractivity contribution in [3.8, 4) is 0 Å². The van der Waals surface area contributed by atoms with E-state index >= 15 is 0 Å². The molecule has 0 rings (SSSR count). The van der Waals surface area contributed by atoms with E-state index in [0.717, 1.165) is 6.42 Å². The Labute approximate surface area is 48.9 Å². The zero-order valence-electron chi connectivity index (χ0n) is 5.06. The molecule has 0 aliphatic rings. The number of alkyl halides is 1. The van der Waals surface area contributed by atoms with E-state index < -0.39 is 6.17 Å². The van der Waals surface area contributed by atoms with Crippen molar-refractivity contribution in [1.82, 2.24) is 0 Å². The molecule has 0 fully saturated rings. The molecule has 0 aromatic rings. The first-order valence-electron chi connectivity index (χ1n) is 2.89. The van der Waals surface area contributed by atoms with Crippen LogP contribution in [0.25, 0.3) is 0 Å². The van der Waals surface area contributed by atoms with Gasteiger partial charge in [0.2, 0.25) is 0 Å². The van der Waals surface area contributed by atoms with Crippen LogP contribution in [-0.4, -0.2) is 12.5 Å². The van der Waals surface area contributed by atoms with Crippen LogP contribution in [0.1, 0.15) is 26.2 Å². The summed E-state index contributed by atoms with van der Waals surface area (Å²) in [7, 11) is 0. The normalized spacial score (nSPS) is 13.2. The highest BCUT2D eigenvalue weighted by Crippen LogP contribution is 2.02. The van der Waals surface area contributed by atoms with E-state index in [-0.39, 0.29) is 6.42 Å². The summed E-state index contributed by atoms with van der Waals surface area (Å²) in [5.41, 5.74) is 0. The van der Waals surface area contributed by atoms with Gasteiger partial charge in [0.15, 0.2) is 0 Å². The summed E-state index contributed by atoms with van der Waals surface area (Å²) in [5, 5.41) is 0. The van der Waals surface area contributed by atoms with Crippen LogP contribution >= 0.6 is 0 Å². The fourth-order valence-electron chi connectivity index (χ4n) is 0.535. The van der Waals surface area contributed by atoms with Crippen LogP contribution in [-0.2, 0) is 4.79 Å². The van der Waals surface area contributed by atoms with Gasteiger partial charge in [-0.3, -0.25) is 0 Å². The third-order valence-electron chi connectivity index (χ3n) is 0.954. The molecule has 0 spiro atoms. The molecule has 0 aromatic heterocycles. The van der Waals surface area contributed by atoms with Crippen LogP contribution in [0.5, 0.6) is 0 Å². The molecular formula is C6H11FO. The van der Waals surface area contributed by atoms with E-state index in [9.17, 15) is 9.18 Å². The van der Waals surface area contributed by atoms with Crippen LogP contribution in [0.15, 0.2) is 0 Å². The summed E-state index contributed by atoms with van der Waals surface area (Å²) < 4.78 is 12.2. The molecule has 0 bridgehead atoms. The average Bonchev–Trinajstić information content (AvgIpc) is 1.68. The predicted octanol–water partition coefficient (Wildman–Crippen LogP) is 1.71. The second-order valence-corrected chi connectivity index (χ2v) is 1.79. The van der Waals surface area contributed by atoms with Crippen molar-refractivity contribution < 1.29 is 9.18 Å². The van der Waals surface area contributed by atoms with Gasteiger partial charge in [0, 0.05) is 6.42 Å². The molecule has 1 nitrogen and oxygen atoms in total. The van der Waals surface area contributed by atoms with Gasteiger partial charge in [-0.05, 0) is 6.42 Å². The summed E-state index contributed by atoms with van der Waals surface area (Å²) in [6, 6.07) is 0. The van der Waals surface area contributed by atoms with Crippen molar-refractivity contribution in [2.24, 2.45) is 0 Å². The minimum atomic E-state index is -0.905. The molecule has 0 radical (unpaired) electrons. The Morgan fingerprint density at radius 1 is 1.75 bits per heavy atom. The van der Waals surface area contributed by atoms with E-state index in [1.165, 1.54) is 0 Å². The van der Waals surface area contributed by atoms with Gasteiger partial charge in [-0.2, -0.15) is 0 Å². The second-order valence-electron chi connectivity index (χ2n) is 1.79. The third kappa shape index (κ3) is 3.78. The number of hydrogen-bond donors (Lipinski definition) is 0. The van der Waals surface area contributed by atoms with Crippen molar-refractivity contribution in [3.63, 3.8) is 0 Å². The predicted molar refractivity (Wildman–Crippen MR) is 30.5 cm³/mol. The molecule has 0 amide bonds. The Hall–Kier alpha value is -0.400. The Morgan fingerprint density at radius 3 is 2.75 bits per heavy atom. The maximum Gasteiger partial charge on any atom is 0.122 e. The fourth-order valence-corrected chi connectivity index (χ4v) is 0.535. The van der Waals surface area contributed by atoms with Crippen LogP contribution in [0.4, 0.5) is 4.39 Å². The highest BCUT2D eigenvalue weighted by molar-refractivity contribution is 5.49. The first-order chi connectivity index (χ1) is 3.81. The van der Waals surface area contributed by atoms with Crippen LogP contribution in [0.3, 0.4) is 0 Å². The molecule has 0 saturated carbocycles. The standard InChI is InChI=1S/C6H11FO/c1-2-3-6(7)4-5-8/h5-6H,2-4H2,1H3. The summed E-state index contributed by atoms with van der Waals surface area (Å²) in [6.07, 6.45) is 1.11. The molecule has 0 aliphatic heterocycles. The van der Waals surface area contributed by atoms with Crippen LogP contribution < -0.4 is 0 Å². The van der Waals surface area contributed by atoms with Gasteiger partial charge in [-0.25, -0.2) is 4.39 Å². The number of hydrogen-bond acceptors (Lipinski definition) is 1. The zero-order valence-corrected chi connectivity index (χ0v) is 5.06. The Morgan fingerprint density at radius 2 is 2.38 bits per heavy atom. The highest BCUT2D eigenvalue weighted by Gasteiger charge is 2.01. The van der Waals surface area contributed by atoms with Crippen molar-refractivity contribution in [2.75, 3.05) is 0 Å². The minimum absolute atomic E-state index is 0.0633. The molecule has 0 aliphatic carbocycles. The van der Waals surface area contributed by atoms with Gasteiger partial charge in [-0.15, -0.1) is 0 Å². The van der Waals surface area contributed by atoms with Crippen LogP contribution in [0, 0.1) is 0 Å². The lowest BCUT2D eigenvalue weighted by Crippen LogP contribution is -1.98. The van der Waals surface area contributed by atoms with E-state index in [4.69, 9.17) is 0 Å². The summed E-state index contributed by atoms with van der Waals surface area (Å²) in [6.45, 7) is 1.90. The molecule has 1 unspecified atom stereocenters. The van der Waals surface area contributed by atoms with E-state index in [1.807, 2.05) is 6.92 Å². The lowest BCUT2D eigenvalue weighted by molar-refractivity contribution is -0.108. The van der Waals surface area contributed by atoms with E-state index in [0.29, 0.717) is 12.7 Å². The summed E-state index contributed by atoms with van der Waals surface area (Å²) in [4.78, 5) is 9.65. The first-order valence-corrected chi connectivity index (χ1v) is 2.89.